The minimum Gasteiger partial charge on any atom is -0.395 e. The maximum absolute atomic E-state index is 9.23. The van der Waals surface area contributed by atoms with E-state index in [0.717, 1.165) is 0 Å². The highest BCUT2D eigenvalue weighted by atomic mass is 28.3. The van der Waals surface area contributed by atoms with Crippen LogP contribution in [0.4, 0.5) is 0 Å². The summed E-state index contributed by atoms with van der Waals surface area (Å²) >= 11 is 0. The number of rotatable bonds is 3. The summed E-state index contributed by atoms with van der Waals surface area (Å²) in [5.74, 6) is 0. The van der Waals surface area contributed by atoms with Crippen molar-refractivity contribution in [3.63, 3.8) is 0 Å². The van der Waals surface area contributed by atoms with Gasteiger partial charge in [-0.2, -0.15) is 0 Å². The molecule has 1 atom stereocenters. The lowest BCUT2D eigenvalue weighted by atomic mass is 10.0. The standard InChI is InChI=1S/C10H23NOSi/c1-13(2,3)9-11-7-5-4-6-10(11)8-12/h10,12H,4-9H2,1-3H3. The van der Waals surface area contributed by atoms with E-state index in [4.69, 9.17) is 0 Å². The highest BCUT2D eigenvalue weighted by Crippen LogP contribution is 2.18. The van der Waals surface area contributed by atoms with Crippen molar-refractivity contribution >= 4 is 8.07 Å². The molecule has 1 fully saturated rings. The van der Waals surface area contributed by atoms with E-state index in [1.54, 1.807) is 0 Å². The Labute approximate surface area is 83.0 Å². The van der Waals surface area contributed by atoms with Gasteiger partial charge in [-0.15, -0.1) is 0 Å². The maximum Gasteiger partial charge on any atom is 0.0599 e. The van der Waals surface area contributed by atoms with E-state index in [9.17, 15) is 5.11 Å². The molecule has 0 bridgehead atoms. The van der Waals surface area contributed by atoms with Gasteiger partial charge in [0, 0.05) is 6.04 Å². The zero-order valence-corrected chi connectivity index (χ0v) is 10.2. The molecule has 1 unspecified atom stereocenters. The molecule has 1 N–H and O–H groups in total. The van der Waals surface area contributed by atoms with Gasteiger partial charge < -0.3 is 10.0 Å². The first kappa shape index (κ1) is 11.2. The van der Waals surface area contributed by atoms with Gasteiger partial charge in [0.25, 0.3) is 0 Å². The van der Waals surface area contributed by atoms with Crippen LogP contribution in [-0.2, 0) is 0 Å². The Morgan fingerprint density at radius 3 is 2.54 bits per heavy atom. The molecule has 0 radical (unpaired) electrons. The van der Waals surface area contributed by atoms with E-state index in [2.05, 4.69) is 24.5 Å². The lowest BCUT2D eigenvalue weighted by Crippen LogP contribution is -2.49. The van der Waals surface area contributed by atoms with Gasteiger partial charge >= 0.3 is 0 Å². The van der Waals surface area contributed by atoms with Crippen LogP contribution in [0.15, 0.2) is 0 Å². The molecule has 1 heterocycles. The van der Waals surface area contributed by atoms with Crippen molar-refractivity contribution in [2.75, 3.05) is 19.3 Å². The molecule has 0 aromatic rings. The third-order valence-electron chi connectivity index (χ3n) is 2.64. The maximum atomic E-state index is 9.23. The number of aliphatic hydroxyl groups excluding tert-OH is 1. The van der Waals surface area contributed by atoms with Crippen LogP contribution in [-0.4, -0.2) is 43.4 Å². The lowest BCUT2D eigenvalue weighted by Gasteiger charge is -2.38. The van der Waals surface area contributed by atoms with Gasteiger partial charge in [0.2, 0.25) is 0 Å². The Kier molecular flexibility index (Phi) is 3.95. The van der Waals surface area contributed by atoms with Crippen molar-refractivity contribution in [1.82, 2.24) is 4.90 Å². The van der Waals surface area contributed by atoms with Crippen molar-refractivity contribution < 1.29 is 5.11 Å². The summed E-state index contributed by atoms with van der Waals surface area (Å²) in [6.45, 7) is 8.75. The van der Waals surface area contributed by atoms with Crippen molar-refractivity contribution in [3.05, 3.63) is 0 Å². The summed E-state index contributed by atoms with van der Waals surface area (Å²) in [7, 11) is -0.988. The number of aliphatic hydroxyl groups is 1. The summed E-state index contributed by atoms with van der Waals surface area (Å²) in [5.41, 5.74) is 0. The molecule has 0 aromatic carbocycles. The average Bonchev–Trinajstić information content (AvgIpc) is 2.02. The molecule has 0 spiro atoms. The lowest BCUT2D eigenvalue weighted by molar-refractivity contribution is 0.105. The minimum absolute atomic E-state index is 0.352. The minimum atomic E-state index is -0.988. The number of piperidine rings is 1. The summed E-state index contributed by atoms with van der Waals surface area (Å²) in [4.78, 5) is 2.51. The van der Waals surface area contributed by atoms with Crippen LogP contribution >= 0.6 is 0 Å². The topological polar surface area (TPSA) is 23.5 Å². The van der Waals surface area contributed by atoms with Gasteiger partial charge in [-0.1, -0.05) is 26.1 Å². The molecular formula is C10H23NOSi. The highest BCUT2D eigenvalue weighted by molar-refractivity contribution is 6.76. The molecule has 1 rings (SSSR count). The number of hydrogen-bond acceptors (Lipinski definition) is 2. The van der Waals surface area contributed by atoms with Crippen molar-refractivity contribution in [1.29, 1.82) is 0 Å². The van der Waals surface area contributed by atoms with E-state index < -0.39 is 8.07 Å². The summed E-state index contributed by atoms with van der Waals surface area (Å²) in [6.07, 6.45) is 5.06. The Bertz CT molecular complexity index is 155. The average molecular weight is 201 g/mol. The van der Waals surface area contributed by atoms with Crippen LogP contribution in [0, 0.1) is 0 Å². The Morgan fingerprint density at radius 1 is 1.31 bits per heavy atom. The van der Waals surface area contributed by atoms with Crippen molar-refractivity contribution in [3.8, 4) is 0 Å². The molecule has 2 nitrogen and oxygen atoms in total. The molecule has 3 heteroatoms. The van der Waals surface area contributed by atoms with Crippen LogP contribution in [0.2, 0.25) is 19.6 Å². The molecule has 1 aliphatic heterocycles. The summed E-state index contributed by atoms with van der Waals surface area (Å²) < 4.78 is 0. The van der Waals surface area contributed by atoms with Gasteiger partial charge in [-0.05, 0) is 25.6 Å². The van der Waals surface area contributed by atoms with Gasteiger partial charge in [0.05, 0.1) is 14.7 Å². The molecule has 0 aliphatic carbocycles. The van der Waals surface area contributed by atoms with E-state index in [1.807, 2.05) is 0 Å². The van der Waals surface area contributed by atoms with Crippen LogP contribution in [0.3, 0.4) is 0 Å². The van der Waals surface area contributed by atoms with Gasteiger partial charge in [0.15, 0.2) is 0 Å². The first-order chi connectivity index (χ1) is 6.03. The molecular weight excluding hydrogens is 178 g/mol. The highest BCUT2D eigenvalue weighted by Gasteiger charge is 2.26. The third-order valence-corrected chi connectivity index (χ3v) is 3.99. The van der Waals surface area contributed by atoms with E-state index >= 15 is 0 Å². The summed E-state index contributed by atoms with van der Waals surface area (Å²) in [5, 5.41) is 9.23. The molecule has 0 amide bonds. The van der Waals surface area contributed by atoms with Gasteiger partial charge in [-0.3, -0.25) is 0 Å². The normalized spacial score (nSPS) is 26.3. The first-order valence-electron chi connectivity index (χ1n) is 5.38. The molecule has 13 heavy (non-hydrogen) atoms. The zero-order chi connectivity index (χ0) is 9.90. The van der Waals surface area contributed by atoms with E-state index in [1.165, 1.54) is 32.0 Å². The second kappa shape index (κ2) is 4.58. The second-order valence-electron chi connectivity index (χ2n) is 5.36. The molecule has 78 valence electrons. The van der Waals surface area contributed by atoms with E-state index in [-0.39, 0.29) is 0 Å². The van der Waals surface area contributed by atoms with Crippen LogP contribution in [0.5, 0.6) is 0 Å². The number of hydrogen-bond donors (Lipinski definition) is 1. The smallest absolute Gasteiger partial charge is 0.0599 e. The Balaban J connectivity index is 2.45. The second-order valence-corrected chi connectivity index (χ2v) is 10.8. The predicted molar refractivity (Wildman–Crippen MR) is 59.6 cm³/mol. The number of likely N-dealkylation sites (tertiary alicyclic amines) is 1. The summed E-state index contributed by atoms with van der Waals surface area (Å²) in [6, 6.07) is 0.459. The molecule has 0 aromatic heterocycles. The fourth-order valence-electron chi connectivity index (χ4n) is 2.08. The van der Waals surface area contributed by atoms with Gasteiger partial charge in [-0.25, -0.2) is 0 Å². The monoisotopic (exact) mass is 201 g/mol. The van der Waals surface area contributed by atoms with Crippen LogP contribution < -0.4 is 0 Å². The first-order valence-corrected chi connectivity index (χ1v) is 9.08. The van der Waals surface area contributed by atoms with Crippen LogP contribution in [0.1, 0.15) is 19.3 Å². The zero-order valence-electron chi connectivity index (χ0n) is 9.21. The Hall–Kier alpha value is 0.137. The molecule has 1 aliphatic rings. The van der Waals surface area contributed by atoms with Crippen molar-refractivity contribution in [2.24, 2.45) is 0 Å². The third kappa shape index (κ3) is 3.79. The predicted octanol–water partition coefficient (Wildman–Crippen LogP) is 1.71. The van der Waals surface area contributed by atoms with Gasteiger partial charge in [0.1, 0.15) is 0 Å². The fraction of sp³-hybridized carbons (Fsp3) is 1.00. The van der Waals surface area contributed by atoms with Crippen molar-refractivity contribution in [2.45, 2.75) is 44.9 Å². The molecule has 1 saturated heterocycles. The largest absolute Gasteiger partial charge is 0.395 e. The quantitative estimate of drug-likeness (QED) is 0.703. The van der Waals surface area contributed by atoms with Crippen LogP contribution in [0.25, 0.3) is 0 Å². The van der Waals surface area contributed by atoms with E-state index in [0.29, 0.717) is 12.6 Å². The SMILES string of the molecule is C[Si](C)(C)CN1CCCCC1CO. The molecule has 0 saturated carbocycles. The Morgan fingerprint density at radius 2 is 2.00 bits per heavy atom. The number of nitrogens with zero attached hydrogens (tertiary/aromatic N) is 1. The fourth-order valence-corrected chi connectivity index (χ4v) is 3.72.